The van der Waals surface area contributed by atoms with Crippen molar-refractivity contribution in [2.45, 2.75) is 250 Å². The van der Waals surface area contributed by atoms with Crippen LogP contribution in [0.2, 0.25) is 0 Å². The van der Waals surface area contributed by atoms with Gasteiger partial charge in [-0.25, -0.2) is 0 Å². The van der Waals surface area contributed by atoms with E-state index in [0.29, 0.717) is 12.1 Å². The lowest BCUT2D eigenvalue weighted by atomic mass is 10.0. The summed E-state index contributed by atoms with van der Waals surface area (Å²) < 4.78 is 28.5. The first kappa shape index (κ1) is 94.8. The van der Waals surface area contributed by atoms with Crippen LogP contribution >= 0.6 is 0 Å². The largest absolute Gasteiger partial charge is 0.491 e. The lowest BCUT2D eigenvalue weighted by Gasteiger charge is -2.36. The highest BCUT2D eigenvalue weighted by Crippen LogP contribution is 2.42. The maximum absolute atomic E-state index is 5.90. The lowest BCUT2D eigenvalue weighted by Crippen LogP contribution is -2.48. The molecule has 8 aromatic rings. The van der Waals surface area contributed by atoms with Crippen LogP contribution in [0.4, 0.5) is 17.1 Å². The number of anilines is 3. The van der Waals surface area contributed by atoms with Gasteiger partial charge in [0, 0.05) is 98.2 Å². The Morgan fingerprint density at radius 1 is 0.469 bits per heavy atom. The van der Waals surface area contributed by atoms with Crippen molar-refractivity contribution in [3.8, 4) is 28.7 Å². The summed E-state index contributed by atoms with van der Waals surface area (Å²) in [7, 11) is 4.09. The van der Waals surface area contributed by atoms with E-state index in [4.69, 9.17) is 23.7 Å². The summed E-state index contributed by atoms with van der Waals surface area (Å²) in [5, 5.41) is 11.8. The molecule has 1 fully saturated rings. The van der Waals surface area contributed by atoms with Gasteiger partial charge in [0.05, 0.1) is 24.4 Å². The van der Waals surface area contributed by atoms with Crippen molar-refractivity contribution in [2.24, 2.45) is 0 Å². The van der Waals surface area contributed by atoms with Crippen molar-refractivity contribution in [3.63, 3.8) is 0 Å². The van der Waals surface area contributed by atoms with Gasteiger partial charge in [0.2, 0.25) is 0 Å². The molecule has 2 aliphatic heterocycles. The Kier molecular flexibility index (Phi) is 46.8. The van der Waals surface area contributed by atoms with Gasteiger partial charge in [0.25, 0.3) is 0 Å². The van der Waals surface area contributed by atoms with Crippen molar-refractivity contribution >= 4 is 38.6 Å². The quantitative estimate of drug-likeness (QED) is 0.104. The first-order valence-electron chi connectivity index (χ1n) is 33.7. The number of likely N-dealkylation sites (N-methyl/N-ethyl adjacent to an activating group) is 1. The predicted octanol–water partition coefficient (Wildman–Crippen LogP) is 24.3. The standard InChI is InChI=1S/C13H15N.C13H18O2.C13H14O.C12H16O.C11H18N2.C10H14O.C9H20N2.7CH4/c1-10(2)14-13-9-5-7-11-6-3-4-8-12(11)13;1-9(2)14-11-7-5-6-10-8-13(3,4)15-12(10)11;1-10(2)14-13-9-5-7-11-6-3-4-8-12(11)13;1-9(2)13-12-7-6-10-4-3-5-11(10)8-12;1-9(2)12-10-5-7-11(8-6-10)13(3)4;1-8(2)11-10-6-4-5-9(3)7-10;1-4-10-5-7-11(8-6-10)9(2)3;;;;;;;/h3-10,14H,1-2H3;5-7,9H,8H2,1-4H3;3-10H,1-2H3;6-9H,3-5H2,1-2H3;5-9,12H,1-4H3;4-8H,1-3H3;9H,4-8H2,1-3H3;7*1H4. The molecule has 2 N–H and O–H groups in total. The molecule has 0 radical (unpaired) electrons. The second-order valence-electron chi connectivity index (χ2n) is 26.7. The summed E-state index contributed by atoms with van der Waals surface area (Å²) in [5.41, 5.74) is 9.02. The summed E-state index contributed by atoms with van der Waals surface area (Å²) in [6.45, 7) is 44.2. The molecule has 0 saturated carbocycles. The molecule has 0 unspecified atom stereocenters. The van der Waals surface area contributed by atoms with Crippen LogP contribution in [0.25, 0.3) is 21.5 Å². The molecule has 10 heteroatoms. The first-order valence-corrected chi connectivity index (χ1v) is 33.7. The zero-order valence-corrected chi connectivity index (χ0v) is 59.5. The van der Waals surface area contributed by atoms with E-state index in [-0.39, 0.29) is 82.0 Å². The molecule has 0 bridgehead atoms. The third-order valence-corrected chi connectivity index (χ3v) is 15.0. The number of para-hydroxylation sites is 1. The SMILES string of the molecule is C.C.C.C.C.C.C.CC(C)Nc1ccc(N(C)C)cc1.CC(C)Nc1cccc2ccccc12.CC(C)Oc1ccc2c(c1)CCC2.CC(C)Oc1cccc2c1OC(C)(C)C2.CC(C)Oc1cccc2ccccc12.CCN1CCN(C(C)C)CC1.Cc1cccc(OC(C)C)c1. The van der Waals surface area contributed by atoms with Crippen molar-refractivity contribution < 1.29 is 23.7 Å². The van der Waals surface area contributed by atoms with Crippen molar-refractivity contribution in [3.05, 3.63) is 192 Å². The van der Waals surface area contributed by atoms with Crippen LogP contribution in [-0.2, 0) is 19.3 Å². The van der Waals surface area contributed by atoms with Gasteiger partial charge in [-0.2, -0.15) is 0 Å². The molecule has 1 saturated heterocycles. The minimum atomic E-state index is -0.0984. The lowest BCUT2D eigenvalue weighted by molar-refractivity contribution is 0.112. The highest BCUT2D eigenvalue weighted by Gasteiger charge is 2.32. The number of piperazine rings is 1. The van der Waals surface area contributed by atoms with E-state index in [2.05, 4.69) is 224 Å². The van der Waals surface area contributed by atoms with Crippen molar-refractivity contribution in [2.75, 3.05) is 62.4 Å². The molecule has 0 spiro atoms. The van der Waals surface area contributed by atoms with E-state index in [9.17, 15) is 0 Å². The number of hydrogen-bond acceptors (Lipinski definition) is 10. The summed E-state index contributed by atoms with van der Waals surface area (Å²) in [6, 6.07) is 60.0. The summed E-state index contributed by atoms with van der Waals surface area (Å²) in [5.74, 6) is 4.75. The van der Waals surface area contributed by atoms with Crippen LogP contribution < -0.4 is 39.2 Å². The average Bonchev–Trinajstić information content (AvgIpc) is 1.61. The minimum Gasteiger partial charge on any atom is -0.491 e. The van der Waals surface area contributed by atoms with Crippen LogP contribution in [0.5, 0.6) is 28.7 Å². The van der Waals surface area contributed by atoms with Gasteiger partial charge >= 0.3 is 0 Å². The van der Waals surface area contributed by atoms with E-state index in [0.717, 1.165) is 41.2 Å². The van der Waals surface area contributed by atoms with Gasteiger partial charge in [-0.15, -0.1) is 0 Å². The van der Waals surface area contributed by atoms with Crippen LogP contribution in [0.15, 0.2) is 170 Å². The Morgan fingerprint density at radius 2 is 0.949 bits per heavy atom. The molecule has 3 aliphatic rings. The molecule has 550 valence electrons. The predicted molar refractivity (Wildman–Crippen MR) is 440 cm³/mol. The maximum atomic E-state index is 5.90. The number of ether oxygens (including phenoxy) is 5. The molecule has 1 aliphatic carbocycles. The third kappa shape index (κ3) is 33.9. The van der Waals surface area contributed by atoms with Gasteiger partial charge in [-0.05, 0) is 238 Å². The zero-order chi connectivity index (χ0) is 66.6. The molecule has 0 amide bonds. The molecular weight excluding hydrogens is 1210 g/mol. The van der Waals surface area contributed by atoms with E-state index in [1.54, 1.807) is 0 Å². The van der Waals surface area contributed by atoms with E-state index < -0.39 is 0 Å². The number of benzene rings is 8. The zero-order valence-electron chi connectivity index (χ0n) is 59.5. The second kappa shape index (κ2) is 48.4. The molecule has 8 aromatic carbocycles. The summed E-state index contributed by atoms with van der Waals surface area (Å²) in [4.78, 5) is 7.16. The van der Waals surface area contributed by atoms with E-state index in [1.165, 1.54) is 113 Å². The summed E-state index contributed by atoms with van der Waals surface area (Å²) >= 11 is 0. The molecule has 0 atom stereocenters. The maximum Gasteiger partial charge on any atom is 0.165 e. The molecule has 10 nitrogen and oxygen atoms in total. The molecule has 0 aromatic heterocycles. The Bertz CT molecular complexity index is 3250. The van der Waals surface area contributed by atoms with Crippen LogP contribution in [0.1, 0.15) is 198 Å². The van der Waals surface area contributed by atoms with Crippen LogP contribution in [0.3, 0.4) is 0 Å². The summed E-state index contributed by atoms with van der Waals surface area (Å²) in [6.07, 6.45) is 5.68. The fraction of sp³-hybridized carbons (Fsp3) is 0.500. The smallest absolute Gasteiger partial charge is 0.165 e. The van der Waals surface area contributed by atoms with E-state index in [1.807, 2.05) is 110 Å². The van der Waals surface area contributed by atoms with Crippen molar-refractivity contribution in [1.29, 1.82) is 0 Å². The number of nitrogens with zero attached hydrogens (tertiary/aromatic N) is 3. The Hall–Kier alpha value is -7.40. The Morgan fingerprint density at radius 3 is 1.48 bits per heavy atom. The molecule has 11 rings (SSSR count). The minimum absolute atomic E-state index is 0. The van der Waals surface area contributed by atoms with Gasteiger partial charge in [-0.3, -0.25) is 4.90 Å². The highest BCUT2D eigenvalue weighted by molar-refractivity contribution is 5.94. The van der Waals surface area contributed by atoms with Gasteiger partial charge in [0.1, 0.15) is 22.8 Å². The normalized spacial score (nSPS) is 12.8. The van der Waals surface area contributed by atoms with E-state index >= 15 is 0 Å². The topological polar surface area (TPSA) is 79.9 Å². The molecule has 2 heterocycles. The number of fused-ring (bicyclic) bond motifs is 4. The second-order valence-corrected chi connectivity index (χ2v) is 26.7. The highest BCUT2D eigenvalue weighted by atomic mass is 16.5. The molecular formula is C88H143N5O5. The number of nitrogens with one attached hydrogen (secondary N) is 2. The number of aryl methyl sites for hydroxylation is 3. The van der Waals surface area contributed by atoms with Crippen molar-refractivity contribution in [1.82, 2.24) is 9.80 Å². The Labute approximate surface area is 602 Å². The monoisotopic (exact) mass is 1350 g/mol. The third-order valence-electron chi connectivity index (χ3n) is 15.0. The molecule has 98 heavy (non-hydrogen) atoms. The number of hydrogen-bond donors (Lipinski definition) is 2. The van der Waals surface area contributed by atoms with Crippen LogP contribution in [0, 0.1) is 6.92 Å². The van der Waals surface area contributed by atoms with Gasteiger partial charge in [0.15, 0.2) is 11.5 Å². The fourth-order valence-corrected chi connectivity index (χ4v) is 10.8. The van der Waals surface area contributed by atoms with Crippen LogP contribution in [-0.4, -0.2) is 105 Å². The number of rotatable bonds is 15. The van der Waals surface area contributed by atoms with Gasteiger partial charge < -0.3 is 44.1 Å². The Balaban J connectivity index is -0.00000106. The average molecular weight is 1350 g/mol. The fourth-order valence-electron chi connectivity index (χ4n) is 10.8. The van der Waals surface area contributed by atoms with Gasteiger partial charge in [-0.1, -0.05) is 162 Å². The first-order chi connectivity index (χ1) is 43.3.